The third kappa shape index (κ3) is 5.47. The van der Waals surface area contributed by atoms with E-state index in [0.29, 0.717) is 6.61 Å². The fourth-order valence-electron chi connectivity index (χ4n) is 2.03. The van der Waals surface area contributed by atoms with Crippen molar-refractivity contribution in [3.63, 3.8) is 0 Å². The molecule has 0 fully saturated rings. The van der Waals surface area contributed by atoms with E-state index in [1.807, 2.05) is 0 Å². The van der Waals surface area contributed by atoms with Crippen molar-refractivity contribution in [2.75, 3.05) is 37.9 Å². The van der Waals surface area contributed by atoms with Crippen molar-refractivity contribution < 1.29 is 37.7 Å². The van der Waals surface area contributed by atoms with Crippen LogP contribution in [0.15, 0.2) is 36.3 Å². The van der Waals surface area contributed by atoms with Gasteiger partial charge in [0.25, 0.3) is 5.91 Å². The van der Waals surface area contributed by atoms with Gasteiger partial charge >= 0.3 is 11.9 Å². The van der Waals surface area contributed by atoms with Crippen LogP contribution < -0.4 is 4.90 Å². The number of nitrogens with zero attached hydrogens (tertiary/aromatic N) is 1. The first-order valence-corrected chi connectivity index (χ1v) is 7.84. The van der Waals surface area contributed by atoms with Crippen LogP contribution in [0.4, 0.5) is 10.1 Å². The second kappa shape index (κ2) is 9.40. The average molecular weight is 367 g/mol. The van der Waals surface area contributed by atoms with Crippen LogP contribution in [0.2, 0.25) is 0 Å². The summed E-state index contributed by atoms with van der Waals surface area (Å²) < 4.78 is 32.8. The standard InChI is InChI=1S/C17H18FNO7/c1-2-24-16(21)9-19(13-5-3-12(18)4-6-13)15(20)11-26-17(22)14-10-23-7-8-25-14/h3-6,10H,2,7-9,11H2,1H3. The Hall–Kier alpha value is -3.10. The zero-order valence-electron chi connectivity index (χ0n) is 14.1. The highest BCUT2D eigenvalue weighted by Gasteiger charge is 2.23. The second-order valence-corrected chi connectivity index (χ2v) is 5.04. The van der Waals surface area contributed by atoms with Gasteiger partial charge in [0, 0.05) is 5.69 Å². The molecule has 140 valence electrons. The molecule has 0 aromatic heterocycles. The van der Waals surface area contributed by atoms with E-state index < -0.39 is 36.8 Å². The minimum atomic E-state index is -0.867. The fourth-order valence-corrected chi connectivity index (χ4v) is 2.03. The van der Waals surface area contributed by atoms with E-state index in [1.54, 1.807) is 6.92 Å². The van der Waals surface area contributed by atoms with Gasteiger partial charge in [0.2, 0.25) is 5.76 Å². The van der Waals surface area contributed by atoms with Crippen molar-refractivity contribution in [2.24, 2.45) is 0 Å². The van der Waals surface area contributed by atoms with E-state index in [4.69, 9.17) is 18.9 Å². The lowest BCUT2D eigenvalue weighted by molar-refractivity contribution is -0.149. The maximum atomic E-state index is 13.1. The minimum absolute atomic E-state index is 0.144. The largest absolute Gasteiger partial charge is 0.493 e. The highest BCUT2D eigenvalue weighted by atomic mass is 19.1. The summed E-state index contributed by atoms with van der Waals surface area (Å²) >= 11 is 0. The Bertz CT molecular complexity index is 687. The molecule has 0 atom stereocenters. The molecule has 1 amide bonds. The lowest BCUT2D eigenvalue weighted by Gasteiger charge is -2.22. The Morgan fingerprint density at radius 2 is 1.88 bits per heavy atom. The molecule has 1 aromatic carbocycles. The Morgan fingerprint density at radius 3 is 2.50 bits per heavy atom. The molecule has 0 aliphatic carbocycles. The molecule has 0 saturated heterocycles. The highest BCUT2D eigenvalue weighted by Crippen LogP contribution is 2.16. The summed E-state index contributed by atoms with van der Waals surface area (Å²) in [7, 11) is 0. The number of amides is 1. The summed E-state index contributed by atoms with van der Waals surface area (Å²) in [6, 6.07) is 4.94. The smallest absolute Gasteiger partial charge is 0.377 e. The molecule has 0 unspecified atom stereocenters. The lowest BCUT2D eigenvalue weighted by atomic mass is 10.2. The van der Waals surface area contributed by atoms with Gasteiger partial charge in [0.15, 0.2) is 6.61 Å². The van der Waals surface area contributed by atoms with Crippen LogP contribution in [0.1, 0.15) is 6.92 Å². The fraction of sp³-hybridized carbons (Fsp3) is 0.353. The maximum absolute atomic E-state index is 13.1. The minimum Gasteiger partial charge on any atom is -0.493 e. The number of halogens is 1. The van der Waals surface area contributed by atoms with Gasteiger partial charge in [-0.05, 0) is 31.2 Å². The van der Waals surface area contributed by atoms with Crippen LogP contribution in [0.3, 0.4) is 0 Å². The van der Waals surface area contributed by atoms with Crippen molar-refractivity contribution in [3.05, 3.63) is 42.1 Å². The van der Waals surface area contributed by atoms with Crippen molar-refractivity contribution in [1.29, 1.82) is 0 Å². The number of benzene rings is 1. The highest BCUT2D eigenvalue weighted by molar-refractivity contribution is 5.99. The number of carbonyl (C=O) groups is 3. The van der Waals surface area contributed by atoms with E-state index in [-0.39, 0.29) is 24.7 Å². The third-order valence-corrected chi connectivity index (χ3v) is 3.21. The molecular weight excluding hydrogens is 349 g/mol. The van der Waals surface area contributed by atoms with Gasteiger partial charge in [-0.15, -0.1) is 0 Å². The van der Waals surface area contributed by atoms with Crippen molar-refractivity contribution in [1.82, 2.24) is 0 Å². The van der Waals surface area contributed by atoms with Crippen LogP contribution in [0.25, 0.3) is 0 Å². The molecule has 0 radical (unpaired) electrons. The molecule has 0 N–H and O–H groups in total. The van der Waals surface area contributed by atoms with Crippen molar-refractivity contribution >= 4 is 23.5 Å². The first-order chi connectivity index (χ1) is 12.5. The summed E-state index contributed by atoms with van der Waals surface area (Å²) in [5, 5.41) is 0. The zero-order chi connectivity index (χ0) is 18.9. The number of hydrogen-bond donors (Lipinski definition) is 0. The molecule has 1 aromatic rings. The molecule has 9 heteroatoms. The SMILES string of the molecule is CCOC(=O)CN(C(=O)COC(=O)C1=COCCO1)c1ccc(F)cc1. The Morgan fingerprint density at radius 1 is 1.15 bits per heavy atom. The number of ether oxygens (including phenoxy) is 4. The molecule has 26 heavy (non-hydrogen) atoms. The topological polar surface area (TPSA) is 91.4 Å². The van der Waals surface area contributed by atoms with Gasteiger partial charge in [-0.25, -0.2) is 9.18 Å². The van der Waals surface area contributed by atoms with E-state index >= 15 is 0 Å². The summed E-state index contributed by atoms with van der Waals surface area (Å²) in [5.41, 5.74) is 0.261. The number of hydrogen-bond acceptors (Lipinski definition) is 7. The third-order valence-electron chi connectivity index (χ3n) is 3.21. The summed E-state index contributed by atoms with van der Waals surface area (Å²) in [5.74, 6) is -2.85. The van der Waals surface area contributed by atoms with E-state index in [1.165, 1.54) is 12.1 Å². The molecule has 0 saturated carbocycles. The zero-order valence-corrected chi connectivity index (χ0v) is 14.1. The molecule has 0 spiro atoms. The summed E-state index contributed by atoms with van der Waals surface area (Å²) in [4.78, 5) is 37.0. The van der Waals surface area contributed by atoms with Crippen LogP contribution in [-0.2, 0) is 33.3 Å². The van der Waals surface area contributed by atoms with E-state index in [2.05, 4.69) is 0 Å². The average Bonchev–Trinajstić information content (AvgIpc) is 2.65. The predicted molar refractivity (Wildman–Crippen MR) is 86.3 cm³/mol. The van der Waals surface area contributed by atoms with Gasteiger partial charge in [-0.1, -0.05) is 0 Å². The van der Waals surface area contributed by atoms with Crippen LogP contribution >= 0.6 is 0 Å². The normalized spacial score (nSPS) is 12.9. The Labute approximate surface area is 149 Å². The molecule has 8 nitrogen and oxygen atoms in total. The molecular formula is C17H18FNO7. The van der Waals surface area contributed by atoms with Crippen molar-refractivity contribution in [3.8, 4) is 0 Å². The predicted octanol–water partition coefficient (Wildman–Crippen LogP) is 1.15. The number of carbonyl (C=O) groups excluding carboxylic acids is 3. The van der Waals surface area contributed by atoms with E-state index in [9.17, 15) is 18.8 Å². The van der Waals surface area contributed by atoms with Crippen LogP contribution in [0.5, 0.6) is 0 Å². The molecule has 0 bridgehead atoms. The Balaban J connectivity index is 2.04. The molecule has 1 heterocycles. The van der Waals surface area contributed by atoms with Gasteiger partial charge in [-0.2, -0.15) is 0 Å². The maximum Gasteiger partial charge on any atom is 0.377 e. The number of esters is 2. The summed E-state index contributed by atoms with van der Waals surface area (Å²) in [6.07, 6.45) is 1.10. The molecule has 2 rings (SSSR count). The van der Waals surface area contributed by atoms with Crippen LogP contribution in [-0.4, -0.2) is 50.8 Å². The first kappa shape index (κ1) is 19.2. The monoisotopic (exact) mass is 367 g/mol. The molecule has 1 aliphatic heterocycles. The lowest BCUT2D eigenvalue weighted by Crippen LogP contribution is -2.39. The summed E-state index contributed by atoms with van der Waals surface area (Å²) in [6.45, 7) is 1.23. The van der Waals surface area contributed by atoms with Gasteiger partial charge in [0.05, 0.1) is 6.61 Å². The van der Waals surface area contributed by atoms with E-state index in [0.717, 1.165) is 23.3 Å². The quantitative estimate of drug-likeness (QED) is 0.668. The first-order valence-electron chi connectivity index (χ1n) is 7.84. The number of anilines is 1. The molecule has 1 aliphatic rings. The van der Waals surface area contributed by atoms with Gasteiger partial charge in [-0.3, -0.25) is 14.5 Å². The van der Waals surface area contributed by atoms with Crippen LogP contribution in [0, 0.1) is 5.82 Å². The van der Waals surface area contributed by atoms with Gasteiger partial charge in [0.1, 0.15) is 31.8 Å². The van der Waals surface area contributed by atoms with Crippen molar-refractivity contribution in [2.45, 2.75) is 6.92 Å². The number of rotatable bonds is 7. The Kier molecular flexibility index (Phi) is 6.95. The second-order valence-electron chi connectivity index (χ2n) is 5.04. The van der Waals surface area contributed by atoms with Gasteiger partial charge < -0.3 is 18.9 Å².